The molecule has 0 aliphatic carbocycles. The summed E-state index contributed by atoms with van der Waals surface area (Å²) in [5.74, 6) is -0.824. The van der Waals surface area contributed by atoms with Gasteiger partial charge in [0, 0.05) is 19.0 Å². The van der Waals surface area contributed by atoms with Crippen LogP contribution in [-0.2, 0) is 16.1 Å². The van der Waals surface area contributed by atoms with Crippen molar-refractivity contribution < 1.29 is 14.7 Å². The zero-order valence-electron chi connectivity index (χ0n) is 10.7. The Morgan fingerprint density at radius 2 is 2.21 bits per heavy atom. The Morgan fingerprint density at radius 3 is 2.89 bits per heavy atom. The number of aliphatic carboxylic acids is 1. The molecule has 0 bridgehead atoms. The highest BCUT2D eigenvalue weighted by molar-refractivity contribution is 5.76. The fraction of sp³-hybridized carbons (Fsp3) is 0.667. The molecule has 1 unspecified atom stereocenters. The van der Waals surface area contributed by atoms with E-state index in [9.17, 15) is 9.59 Å². The average molecular weight is 266 g/mol. The van der Waals surface area contributed by atoms with Gasteiger partial charge in [-0.15, -0.1) is 0 Å². The van der Waals surface area contributed by atoms with Crippen LogP contribution in [0, 0.1) is 0 Å². The minimum Gasteiger partial charge on any atom is -0.481 e. The van der Waals surface area contributed by atoms with Crippen molar-refractivity contribution in [3.8, 4) is 0 Å². The van der Waals surface area contributed by atoms with Crippen LogP contribution in [0.5, 0.6) is 0 Å². The van der Waals surface area contributed by atoms with Crippen molar-refractivity contribution in [3.63, 3.8) is 0 Å². The van der Waals surface area contributed by atoms with Crippen LogP contribution < -0.4 is 0 Å². The molecular formula is C12H18N4O3. The smallest absolute Gasteiger partial charge is 0.303 e. The quantitative estimate of drug-likeness (QED) is 0.839. The third-order valence-corrected chi connectivity index (χ3v) is 3.40. The minimum atomic E-state index is -0.811. The van der Waals surface area contributed by atoms with Crippen LogP contribution in [0.2, 0.25) is 0 Å². The molecule has 1 atom stereocenters. The van der Waals surface area contributed by atoms with Gasteiger partial charge in [0.1, 0.15) is 19.2 Å². The molecule has 2 rings (SSSR count). The monoisotopic (exact) mass is 266 g/mol. The zero-order valence-corrected chi connectivity index (χ0v) is 10.7. The second-order valence-corrected chi connectivity index (χ2v) is 4.76. The first kappa shape index (κ1) is 13.5. The highest BCUT2D eigenvalue weighted by Gasteiger charge is 2.27. The molecule has 1 fully saturated rings. The number of aromatic nitrogens is 3. The molecule has 1 aliphatic rings. The molecule has 1 N–H and O–H groups in total. The van der Waals surface area contributed by atoms with Crippen molar-refractivity contribution in [3.05, 3.63) is 12.7 Å². The minimum absolute atomic E-state index is 0.0133. The largest absolute Gasteiger partial charge is 0.481 e. The van der Waals surface area contributed by atoms with Gasteiger partial charge < -0.3 is 10.0 Å². The van der Waals surface area contributed by atoms with Crippen LogP contribution in [-0.4, -0.2) is 49.2 Å². The van der Waals surface area contributed by atoms with Crippen LogP contribution >= 0.6 is 0 Å². The molecule has 0 spiro atoms. The van der Waals surface area contributed by atoms with Crippen LogP contribution in [0.3, 0.4) is 0 Å². The molecule has 1 aromatic rings. The van der Waals surface area contributed by atoms with E-state index in [2.05, 4.69) is 10.1 Å². The summed E-state index contributed by atoms with van der Waals surface area (Å²) >= 11 is 0. The van der Waals surface area contributed by atoms with Crippen LogP contribution in [0.4, 0.5) is 0 Å². The number of hydrogen-bond acceptors (Lipinski definition) is 4. The first-order valence-corrected chi connectivity index (χ1v) is 6.50. The topological polar surface area (TPSA) is 88.3 Å². The van der Waals surface area contributed by atoms with Gasteiger partial charge in [0.05, 0.1) is 0 Å². The number of hydrogen-bond donors (Lipinski definition) is 1. The SMILES string of the molecule is O=C(O)CCC1CCCCN1C(=O)Cn1cncn1. The van der Waals surface area contributed by atoms with E-state index in [4.69, 9.17) is 5.11 Å². The summed E-state index contributed by atoms with van der Waals surface area (Å²) in [4.78, 5) is 28.5. The van der Waals surface area contributed by atoms with E-state index in [1.807, 2.05) is 0 Å². The standard InChI is InChI=1S/C12H18N4O3/c17-11(7-15-9-13-8-14-15)16-6-2-1-3-10(16)4-5-12(18)19/h8-10H,1-7H2,(H,18,19). The van der Waals surface area contributed by atoms with Crippen molar-refractivity contribution in [2.45, 2.75) is 44.7 Å². The van der Waals surface area contributed by atoms with Gasteiger partial charge in [-0.25, -0.2) is 9.67 Å². The van der Waals surface area contributed by atoms with Crippen LogP contribution in [0.25, 0.3) is 0 Å². The summed E-state index contributed by atoms with van der Waals surface area (Å²) in [5, 5.41) is 12.7. The normalized spacial score (nSPS) is 19.4. The maximum Gasteiger partial charge on any atom is 0.303 e. The number of carbonyl (C=O) groups is 2. The van der Waals surface area contributed by atoms with E-state index in [1.54, 1.807) is 4.90 Å². The highest BCUT2D eigenvalue weighted by Crippen LogP contribution is 2.21. The Bertz CT molecular complexity index is 432. The van der Waals surface area contributed by atoms with E-state index in [1.165, 1.54) is 17.3 Å². The lowest BCUT2D eigenvalue weighted by Crippen LogP contribution is -2.45. The zero-order chi connectivity index (χ0) is 13.7. The van der Waals surface area contributed by atoms with Crippen molar-refractivity contribution in [1.82, 2.24) is 19.7 Å². The fourth-order valence-electron chi connectivity index (χ4n) is 2.46. The van der Waals surface area contributed by atoms with Crippen molar-refractivity contribution in [2.75, 3.05) is 6.54 Å². The number of carbonyl (C=O) groups excluding carboxylic acids is 1. The van der Waals surface area contributed by atoms with Crippen molar-refractivity contribution in [1.29, 1.82) is 0 Å². The maximum absolute atomic E-state index is 12.2. The van der Waals surface area contributed by atoms with Crippen LogP contribution in [0.1, 0.15) is 32.1 Å². The lowest BCUT2D eigenvalue weighted by atomic mass is 9.98. The third kappa shape index (κ3) is 3.77. The lowest BCUT2D eigenvalue weighted by molar-refractivity contribution is -0.140. The predicted octanol–water partition coefficient (Wildman–Crippen LogP) is 0.524. The van der Waals surface area contributed by atoms with Gasteiger partial charge in [0.25, 0.3) is 0 Å². The van der Waals surface area contributed by atoms with Gasteiger partial charge in [0.15, 0.2) is 0 Å². The number of nitrogens with zero attached hydrogens (tertiary/aromatic N) is 4. The number of carboxylic acid groups (broad SMARTS) is 1. The molecule has 0 aromatic carbocycles. The Kier molecular flexibility index (Phi) is 4.48. The molecule has 1 aromatic heterocycles. The summed E-state index contributed by atoms with van der Waals surface area (Å²) in [7, 11) is 0. The Morgan fingerprint density at radius 1 is 1.37 bits per heavy atom. The first-order valence-electron chi connectivity index (χ1n) is 6.50. The Balaban J connectivity index is 1.94. The van der Waals surface area contributed by atoms with Gasteiger partial charge >= 0.3 is 5.97 Å². The molecule has 19 heavy (non-hydrogen) atoms. The van der Waals surface area contributed by atoms with Gasteiger partial charge in [-0.1, -0.05) is 0 Å². The first-order chi connectivity index (χ1) is 9.16. The molecule has 1 saturated heterocycles. The molecule has 0 saturated carbocycles. The van der Waals surface area contributed by atoms with E-state index in [0.29, 0.717) is 13.0 Å². The van der Waals surface area contributed by atoms with Gasteiger partial charge in [-0.05, 0) is 25.7 Å². The van der Waals surface area contributed by atoms with E-state index >= 15 is 0 Å². The van der Waals surface area contributed by atoms with E-state index in [-0.39, 0.29) is 24.9 Å². The van der Waals surface area contributed by atoms with Gasteiger partial charge in [-0.3, -0.25) is 9.59 Å². The highest BCUT2D eigenvalue weighted by atomic mass is 16.4. The molecule has 104 valence electrons. The third-order valence-electron chi connectivity index (χ3n) is 3.40. The summed E-state index contributed by atoms with van der Waals surface area (Å²) in [6.07, 6.45) is 6.45. The molecular weight excluding hydrogens is 248 g/mol. The molecule has 0 radical (unpaired) electrons. The van der Waals surface area contributed by atoms with Crippen molar-refractivity contribution in [2.24, 2.45) is 0 Å². The summed E-state index contributed by atoms with van der Waals surface area (Å²) < 4.78 is 1.49. The molecule has 1 amide bonds. The summed E-state index contributed by atoms with van der Waals surface area (Å²) in [6.45, 7) is 0.876. The summed E-state index contributed by atoms with van der Waals surface area (Å²) in [6, 6.07) is 0.0425. The fourth-order valence-corrected chi connectivity index (χ4v) is 2.46. The number of rotatable bonds is 5. The van der Waals surface area contributed by atoms with Crippen molar-refractivity contribution >= 4 is 11.9 Å². The maximum atomic E-state index is 12.2. The van der Waals surface area contributed by atoms with Gasteiger partial charge in [-0.2, -0.15) is 5.10 Å². The predicted molar refractivity (Wildman–Crippen MR) is 66.2 cm³/mol. The van der Waals surface area contributed by atoms with E-state index in [0.717, 1.165) is 19.3 Å². The summed E-state index contributed by atoms with van der Waals surface area (Å²) in [5.41, 5.74) is 0. The number of carboxylic acids is 1. The second kappa shape index (κ2) is 6.31. The Hall–Kier alpha value is -1.92. The molecule has 1 aliphatic heterocycles. The second-order valence-electron chi connectivity index (χ2n) is 4.76. The van der Waals surface area contributed by atoms with Gasteiger partial charge in [0.2, 0.25) is 5.91 Å². The molecule has 7 nitrogen and oxygen atoms in total. The molecule has 7 heteroatoms. The number of amides is 1. The molecule has 2 heterocycles. The van der Waals surface area contributed by atoms with Crippen LogP contribution in [0.15, 0.2) is 12.7 Å². The lowest BCUT2D eigenvalue weighted by Gasteiger charge is -2.35. The number of piperidine rings is 1. The number of likely N-dealkylation sites (tertiary alicyclic amines) is 1. The Labute approximate surface area is 111 Å². The van der Waals surface area contributed by atoms with E-state index < -0.39 is 5.97 Å². The average Bonchev–Trinajstić information content (AvgIpc) is 2.89.